The van der Waals surface area contributed by atoms with Gasteiger partial charge < -0.3 is 15.2 Å². The predicted molar refractivity (Wildman–Crippen MR) is 49.2 cm³/mol. The van der Waals surface area contributed by atoms with E-state index in [0.717, 1.165) is 37.6 Å². The molecule has 3 nitrogen and oxygen atoms in total. The summed E-state index contributed by atoms with van der Waals surface area (Å²) in [6.45, 7) is 1.61. The molecule has 0 aromatic rings. The highest BCUT2D eigenvalue weighted by Gasteiger charge is 2.42. The largest absolute Gasteiger partial charge is 0.348 e. The maximum Gasteiger partial charge on any atom is 0.184 e. The van der Waals surface area contributed by atoms with Crippen molar-refractivity contribution in [3.05, 3.63) is 0 Å². The van der Waals surface area contributed by atoms with Crippen molar-refractivity contribution in [2.24, 2.45) is 5.73 Å². The van der Waals surface area contributed by atoms with Gasteiger partial charge in [0.1, 0.15) is 0 Å². The lowest BCUT2D eigenvalue weighted by Gasteiger charge is -2.43. The minimum atomic E-state index is -0.427. The number of hydrogen-bond donors (Lipinski definition) is 1. The van der Waals surface area contributed by atoms with Crippen molar-refractivity contribution in [2.45, 2.75) is 24.7 Å². The van der Waals surface area contributed by atoms with Crippen LogP contribution in [-0.4, -0.2) is 36.5 Å². The maximum atomic E-state index is 5.97. The summed E-state index contributed by atoms with van der Waals surface area (Å²) in [7, 11) is 0. The fourth-order valence-electron chi connectivity index (χ4n) is 1.69. The van der Waals surface area contributed by atoms with Crippen LogP contribution in [0.2, 0.25) is 0 Å². The van der Waals surface area contributed by atoms with E-state index in [9.17, 15) is 0 Å². The van der Waals surface area contributed by atoms with Crippen LogP contribution in [0.1, 0.15) is 12.8 Å². The average Bonchev–Trinajstić information content (AvgIpc) is 2.12. The third-order valence-corrected chi connectivity index (χ3v) is 3.53. The van der Waals surface area contributed by atoms with Gasteiger partial charge in [-0.1, -0.05) is 0 Å². The zero-order valence-electron chi connectivity index (χ0n) is 7.12. The molecule has 12 heavy (non-hydrogen) atoms. The summed E-state index contributed by atoms with van der Waals surface area (Å²) in [5, 5.41) is 0. The highest BCUT2D eigenvalue weighted by atomic mass is 32.2. The predicted octanol–water partition coefficient (Wildman–Crippen LogP) is 0.584. The lowest BCUT2D eigenvalue weighted by atomic mass is 10.1. The maximum absolute atomic E-state index is 5.97. The molecule has 70 valence electrons. The molecule has 1 spiro atoms. The van der Waals surface area contributed by atoms with E-state index in [4.69, 9.17) is 15.2 Å². The van der Waals surface area contributed by atoms with Gasteiger partial charge in [0, 0.05) is 12.2 Å². The SMILES string of the molecule is NC1CSCCC12OCCCO2. The van der Waals surface area contributed by atoms with Gasteiger partial charge in [0.2, 0.25) is 0 Å². The van der Waals surface area contributed by atoms with Crippen molar-refractivity contribution >= 4 is 11.8 Å². The summed E-state index contributed by atoms with van der Waals surface area (Å²) in [4.78, 5) is 0. The molecular weight excluding hydrogens is 174 g/mol. The average molecular weight is 189 g/mol. The first-order valence-corrected chi connectivity index (χ1v) is 5.60. The Hall–Kier alpha value is 0.230. The monoisotopic (exact) mass is 189 g/mol. The van der Waals surface area contributed by atoms with E-state index < -0.39 is 5.79 Å². The van der Waals surface area contributed by atoms with Crippen LogP contribution < -0.4 is 5.73 Å². The van der Waals surface area contributed by atoms with Gasteiger partial charge in [0.15, 0.2) is 5.79 Å². The van der Waals surface area contributed by atoms with Gasteiger partial charge in [-0.3, -0.25) is 0 Å². The molecule has 0 aromatic carbocycles. The van der Waals surface area contributed by atoms with Gasteiger partial charge in [0.05, 0.1) is 19.3 Å². The second kappa shape index (κ2) is 3.54. The summed E-state index contributed by atoms with van der Waals surface area (Å²) in [6.07, 6.45) is 1.94. The van der Waals surface area contributed by atoms with Crippen LogP contribution in [0.25, 0.3) is 0 Å². The molecule has 0 bridgehead atoms. The highest BCUT2D eigenvalue weighted by molar-refractivity contribution is 7.99. The first-order chi connectivity index (χ1) is 5.83. The molecule has 2 rings (SSSR count). The Morgan fingerprint density at radius 1 is 1.33 bits per heavy atom. The van der Waals surface area contributed by atoms with Crippen LogP contribution in [0.5, 0.6) is 0 Å². The molecule has 2 saturated heterocycles. The molecule has 2 heterocycles. The Balaban J connectivity index is 2.04. The molecule has 2 fully saturated rings. The molecule has 2 aliphatic rings. The molecule has 0 radical (unpaired) electrons. The standard InChI is InChI=1S/C8H15NO2S/c9-7-6-12-5-2-8(7)10-3-1-4-11-8/h7H,1-6,9H2. The first-order valence-electron chi connectivity index (χ1n) is 4.45. The first kappa shape index (κ1) is 8.81. The molecule has 0 aromatic heterocycles. The van der Waals surface area contributed by atoms with Crippen LogP contribution in [0.4, 0.5) is 0 Å². The molecule has 0 aliphatic carbocycles. The van der Waals surface area contributed by atoms with E-state index >= 15 is 0 Å². The van der Waals surface area contributed by atoms with E-state index in [-0.39, 0.29) is 6.04 Å². The Morgan fingerprint density at radius 2 is 2.08 bits per heavy atom. The topological polar surface area (TPSA) is 44.5 Å². The molecular formula is C8H15NO2S. The lowest BCUT2D eigenvalue weighted by molar-refractivity contribution is -0.276. The smallest absolute Gasteiger partial charge is 0.184 e. The number of thioether (sulfide) groups is 1. The van der Waals surface area contributed by atoms with Crippen LogP contribution in [-0.2, 0) is 9.47 Å². The molecule has 0 saturated carbocycles. The third kappa shape index (κ3) is 1.48. The normalized spacial score (nSPS) is 35.2. The minimum Gasteiger partial charge on any atom is -0.348 e. The van der Waals surface area contributed by atoms with Crippen molar-refractivity contribution in [1.29, 1.82) is 0 Å². The number of ether oxygens (including phenoxy) is 2. The molecule has 1 atom stereocenters. The third-order valence-electron chi connectivity index (χ3n) is 2.44. The molecule has 0 amide bonds. The zero-order chi connectivity index (χ0) is 8.44. The van der Waals surface area contributed by atoms with E-state index in [1.807, 2.05) is 11.8 Å². The van der Waals surface area contributed by atoms with Crippen LogP contribution in [0, 0.1) is 0 Å². The van der Waals surface area contributed by atoms with Crippen LogP contribution >= 0.6 is 11.8 Å². The minimum absolute atomic E-state index is 0.0524. The Bertz CT molecular complexity index is 151. The van der Waals surface area contributed by atoms with Crippen LogP contribution in [0.3, 0.4) is 0 Å². The molecule has 2 aliphatic heterocycles. The molecule has 4 heteroatoms. The van der Waals surface area contributed by atoms with Gasteiger partial charge in [-0.05, 0) is 12.2 Å². The van der Waals surface area contributed by atoms with Gasteiger partial charge in [-0.2, -0.15) is 11.8 Å². The fourth-order valence-corrected chi connectivity index (χ4v) is 2.79. The lowest BCUT2D eigenvalue weighted by Crippen LogP contribution is -2.58. The number of rotatable bonds is 0. The molecule has 1 unspecified atom stereocenters. The van der Waals surface area contributed by atoms with Crippen molar-refractivity contribution in [3.8, 4) is 0 Å². The summed E-state index contributed by atoms with van der Waals surface area (Å²) in [6, 6.07) is 0.0524. The highest BCUT2D eigenvalue weighted by Crippen LogP contribution is 2.32. The summed E-state index contributed by atoms with van der Waals surface area (Å²) in [5.74, 6) is 1.64. The number of hydrogen-bond acceptors (Lipinski definition) is 4. The van der Waals surface area contributed by atoms with Gasteiger partial charge in [0.25, 0.3) is 0 Å². The van der Waals surface area contributed by atoms with Gasteiger partial charge >= 0.3 is 0 Å². The van der Waals surface area contributed by atoms with E-state index in [1.165, 1.54) is 0 Å². The number of nitrogens with two attached hydrogens (primary N) is 1. The van der Waals surface area contributed by atoms with E-state index in [2.05, 4.69) is 0 Å². The molecule has 2 N–H and O–H groups in total. The van der Waals surface area contributed by atoms with Crippen molar-refractivity contribution in [3.63, 3.8) is 0 Å². The summed E-state index contributed by atoms with van der Waals surface area (Å²) >= 11 is 1.89. The summed E-state index contributed by atoms with van der Waals surface area (Å²) in [5.41, 5.74) is 5.97. The Kier molecular flexibility index (Phi) is 2.60. The van der Waals surface area contributed by atoms with E-state index in [0.29, 0.717) is 0 Å². The fraction of sp³-hybridized carbons (Fsp3) is 1.00. The van der Waals surface area contributed by atoms with Gasteiger partial charge in [-0.25, -0.2) is 0 Å². The van der Waals surface area contributed by atoms with Crippen LogP contribution in [0.15, 0.2) is 0 Å². The zero-order valence-corrected chi connectivity index (χ0v) is 7.94. The van der Waals surface area contributed by atoms with E-state index in [1.54, 1.807) is 0 Å². The van der Waals surface area contributed by atoms with Crippen molar-refractivity contribution in [2.75, 3.05) is 24.7 Å². The van der Waals surface area contributed by atoms with Crippen molar-refractivity contribution in [1.82, 2.24) is 0 Å². The summed E-state index contributed by atoms with van der Waals surface area (Å²) < 4.78 is 11.3. The van der Waals surface area contributed by atoms with Crippen molar-refractivity contribution < 1.29 is 9.47 Å². The Morgan fingerprint density at radius 3 is 2.75 bits per heavy atom. The second-order valence-electron chi connectivity index (χ2n) is 3.29. The Labute approximate surface area is 77.0 Å². The van der Waals surface area contributed by atoms with Gasteiger partial charge in [-0.15, -0.1) is 0 Å². The second-order valence-corrected chi connectivity index (χ2v) is 4.44. The quantitative estimate of drug-likeness (QED) is 0.605.